The van der Waals surface area contributed by atoms with E-state index in [1.807, 2.05) is 0 Å². The molecule has 0 spiro atoms. The molecule has 0 heterocycles. The molecule has 0 aliphatic heterocycles. The van der Waals surface area contributed by atoms with Gasteiger partial charge < -0.3 is 14.9 Å². The standard InChI is InChI=1S/C34H30Si.2CH3.Zr/c1-23-21-31-27(25-13-7-5-8-14-25)17-11-19-29(31)33(23)35(3,4)34-24(2)22-32-28(18-12-20-30(32)34)26-15-9-6-10-16-26;;;/h5-22H,1-4H3;2*1H3;/q;2*-1;+4. The van der Waals surface area contributed by atoms with E-state index in [-0.39, 0.29) is 41.1 Å². The summed E-state index contributed by atoms with van der Waals surface area (Å²) in [6, 6.07) is 21.6. The van der Waals surface area contributed by atoms with Gasteiger partial charge in [0.2, 0.25) is 0 Å². The van der Waals surface area contributed by atoms with Gasteiger partial charge in [-0.3, -0.25) is 0 Å². The summed E-state index contributed by atoms with van der Waals surface area (Å²) in [6.45, 7) is 9.71. The summed E-state index contributed by atoms with van der Waals surface area (Å²) in [5.41, 5.74) is 8.39. The van der Waals surface area contributed by atoms with Crippen LogP contribution in [0.5, 0.6) is 0 Å². The molecular weight excluding hydrogens is 552 g/mol. The molecule has 0 amide bonds. The van der Waals surface area contributed by atoms with Crippen molar-refractivity contribution < 1.29 is 26.2 Å². The van der Waals surface area contributed by atoms with Crippen molar-refractivity contribution in [1.29, 1.82) is 0 Å². The maximum absolute atomic E-state index is 2.54. The molecule has 2 aromatic carbocycles. The fourth-order valence-electron chi connectivity index (χ4n) is 6.40. The SMILES string of the molecule is C[C]1[CH][C]2[C](C=CC=C2c2ccccc2)[C]1[Si](C)(C)[C]1[C](C)[CH][C]2[C]1C=CC=C2c1ccccc1.[CH3-].[CH3-].[Zr+4]. The zero-order chi connectivity index (χ0) is 24.2. The zero-order valence-electron chi connectivity index (χ0n) is 23.4. The van der Waals surface area contributed by atoms with E-state index in [4.69, 9.17) is 0 Å². The van der Waals surface area contributed by atoms with Crippen LogP contribution in [0.1, 0.15) is 25.0 Å². The Labute approximate surface area is 253 Å². The van der Waals surface area contributed by atoms with E-state index >= 15 is 0 Å². The Morgan fingerprint density at radius 2 is 0.895 bits per heavy atom. The summed E-state index contributed by atoms with van der Waals surface area (Å²) < 4.78 is 0. The third kappa shape index (κ3) is 5.17. The molecule has 38 heavy (non-hydrogen) atoms. The third-order valence-electron chi connectivity index (χ3n) is 7.68. The van der Waals surface area contributed by atoms with Crippen LogP contribution in [0.3, 0.4) is 0 Å². The van der Waals surface area contributed by atoms with Crippen molar-refractivity contribution in [3.63, 3.8) is 0 Å². The van der Waals surface area contributed by atoms with Gasteiger partial charge in [-0.1, -0.05) is 124 Å². The summed E-state index contributed by atoms with van der Waals surface area (Å²) in [5.74, 6) is 8.46. The third-order valence-corrected chi connectivity index (χ3v) is 11.5. The Hall–Kier alpha value is -1.50. The molecule has 186 valence electrons. The van der Waals surface area contributed by atoms with E-state index in [1.165, 1.54) is 57.8 Å². The van der Waals surface area contributed by atoms with Crippen LogP contribution in [0.25, 0.3) is 11.1 Å². The van der Waals surface area contributed by atoms with Crippen LogP contribution in [-0.2, 0) is 26.2 Å². The first-order valence-corrected chi connectivity index (χ1v) is 15.5. The molecule has 10 radical (unpaired) electrons. The first-order valence-electron chi connectivity index (χ1n) is 12.5. The van der Waals surface area contributed by atoms with Crippen LogP contribution >= 0.6 is 0 Å². The van der Waals surface area contributed by atoms with Gasteiger partial charge in [-0.15, -0.1) is 0 Å². The number of rotatable bonds is 4. The number of fused-ring (bicyclic) bond motifs is 2. The number of hydrogen-bond acceptors (Lipinski definition) is 0. The minimum absolute atomic E-state index is 0. The van der Waals surface area contributed by atoms with Gasteiger partial charge in [0.25, 0.3) is 0 Å². The predicted molar refractivity (Wildman–Crippen MR) is 163 cm³/mol. The van der Waals surface area contributed by atoms with Crippen LogP contribution in [0.15, 0.2) is 97.1 Å². The van der Waals surface area contributed by atoms with Crippen LogP contribution in [0, 0.1) is 74.3 Å². The molecule has 4 aliphatic carbocycles. The van der Waals surface area contributed by atoms with Gasteiger partial charge in [0.05, 0.1) is 8.07 Å². The van der Waals surface area contributed by atoms with Crippen molar-refractivity contribution >= 4 is 19.2 Å². The zero-order valence-corrected chi connectivity index (χ0v) is 26.9. The molecule has 0 N–H and O–H groups in total. The van der Waals surface area contributed by atoms with E-state index in [2.05, 4.69) is 137 Å². The summed E-state index contributed by atoms with van der Waals surface area (Å²) in [5, 5.41) is 0. The second kappa shape index (κ2) is 12.3. The van der Waals surface area contributed by atoms with E-state index < -0.39 is 8.07 Å². The average molecular weight is 588 g/mol. The molecule has 2 fully saturated rings. The summed E-state index contributed by atoms with van der Waals surface area (Å²) in [4.78, 5) is 0. The van der Waals surface area contributed by atoms with Crippen LogP contribution < -0.4 is 0 Å². The first kappa shape index (κ1) is 31.0. The Morgan fingerprint density at radius 3 is 1.26 bits per heavy atom. The number of allylic oxidation sites excluding steroid dienone is 8. The van der Waals surface area contributed by atoms with E-state index in [1.54, 1.807) is 11.1 Å². The molecular formula is C36H36SiZr+2. The van der Waals surface area contributed by atoms with Crippen LogP contribution in [0.2, 0.25) is 13.1 Å². The molecule has 0 atom stereocenters. The van der Waals surface area contributed by atoms with Crippen molar-refractivity contribution in [2.45, 2.75) is 26.9 Å². The monoisotopic (exact) mass is 586 g/mol. The molecule has 2 heteroatoms. The van der Waals surface area contributed by atoms with Crippen molar-refractivity contribution in [2.75, 3.05) is 0 Å². The minimum Gasteiger partial charge on any atom is -0.358 e. The molecule has 0 aromatic heterocycles. The Morgan fingerprint density at radius 1 is 0.526 bits per heavy atom. The van der Waals surface area contributed by atoms with E-state index in [0.29, 0.717) is 0 Å². The second-order valence-corrected chi connectivity index (χ2v) is 14.5. The maximum atomic E-state index is 2.54. The van der Waals surface area contributed by atoms with Crippen molar-refractivity contribution in [2.24, 2.45) is 0 Å². The largest absolute Gasteiger partial charge is 4.00 e. The molecule has 2 saturated carbocycles. The number of hydrogen-bond donors (Lipinski definition) is 0. The summed E-state index contributed by atoms with van der Waals surface area (Å²) >= 11 is 0. The quantitative estimate of drug-likeness (QED) is 0.247. The van der Waals surface area contributed by atoms with Crippen molar-refractivity contribution in [3.05, 3.63) is 183 Å². The summed E-state index contributed by atoms with van der Waals surface area (Å²) in [6.07, 6.45) is 18.6. The van der Waals surface area contributed by atoms with Gasteiger partial charge in [0.1, 0.15) is 0 Å². The Kier molecular flexibility index (Phi) is 10.1. The fourth-order valence-corrected chi connectivity index (χ4v) is 10.6. The molecule has 6 rings (SSSR count). The first-order chi connectivity index (χ1) is 17.0. The van der Waals surface area contributed by atoms with Gasteiger partial charge in [0, 0.05) is 23.7 Å². The van der Waals surface area contributed by atoms with Gasteiger partial charge >= 0.3 is 26.2 Å². The molecule has 0 nitrogen and oxygen atoms in total. The fraction of sp³-hybridized carbons (Fsp3) is 0.111. The molecule has 2 aromatic rings. The molecule has 4 aliphatic rings. The Bertz CT molecular complexity index is 1090. The van der Waals surface area contributed by atoms with Crippen molar-refractivity contribution in [1.82, 2.24) is 0 Å². The summed E-state index contributed by atoms with van der Waals surface area (Å²) in [7, 11) is -2.02. The van der Waals surface area contributed by atoms with E-state index in [0.717, 1.165) is 0 Å². The predicted octanol–water partition coefficient (Wildman–Crippen LogP) is 9.05. The smallest absolute Gasteiger partial charge is 0.358 e. The van der Waals surface area contributed by atoms with E-state index in [9.17, 15) is 0 Å². The van der Waals surface area contributed by atoms with Crippen LogP contribution in [0.4, 0.5) is 0 Å². The van der Waals surface area contributed by atoms with Crippen molar-refractivity contribution in [3.8, 4) is 0 Å². The topological polar surface area (TPSA) is 0 Å². The molecule has 0 unspecified atom stereocenters. The Balaban J connectivity index is 0.00000133. The van der Waals surface area contributed by atoms with Gasteiger partial charge in [-0.25, -0.2) is 0 Å². The molecule has 0 bridgehead atoms. The maximum Gasteiger partial charge on any atom is 4.00 e. The van der Waals surface area contributed by atoms with Gasteiger partial charge in [0.15, 0.2) is 0 Å². The normalized spacial score (nSPS) is 21.7. The average Bonchev–Trinajstić information content (AvgIpc) is 3.41. The van der Waals surface area contributed by atoms with Crippen LogP contribution in [-0.4, -0.2) is 8.07 Å². The van der Waals surface area contributed by atoms with Gasteiger partial charge in [-0.2, -0.15) is 0 Å². The number of benzene rings is 2. The molecule has 0 saturated heterocycles. The van der Waals surface area contributed by atoms with Gasteiger partial charge in [-0.05, 0) is 58.0 Å². The second-order valence-electron chi connectivity index (χ2n) is 10.3. The minimum atomic E-state index is -2.02.